The second-order valence-corrected chi connectivity index (χ2v) is 3.57. The standard InChI is InChI=1S/C11H16N2O4/c1-3-8(7-14)12-10-5-4-9(17-2)6-11(10)13(15)16/h4-6,8,12,14H,3,7H2,1-2H3. The number of ether oxygens (including phenoxy) is 1. The first-order valence-corrected chi connectivity index (χ1v) is 5.32. The van der Waals surface area contributed by atoms with E-state index in [1.54, 1.807) is 12.1 Å². The number of anilines is 1. The second-order valence-electron chi connectivity index (χ2n) is 3.57. The Kier molecular flexibility index (Phi) is 4.71. The quantitative estimate of drug-likeness (QED) is 0.585. The highest BCUT2D eigenvalue weighted by atomic mass is 16.6. The first kappa shape index (κ1) is 13.2. The lowest BCUT2D eigenvalue weighted by molar-refractivity contribution is -0.384. The smallest absolute Gasteiger partial charge is 0.296 e. The van der Waals surface area contributed by atoms with Gasteiger partial charge in [0.05, 0.1) is 24.7 Å². The monoisotopic (exact) mass is 240 g/mol. The molecular weight excluding hydrogens is 224 g/mol. The molecule has 17 heavy (non-hydrogen) atoms. The number of nitrogens with one attached hydrogen (secondary N) is 1. The Morgan fingerprint density at radius 3 is 2.76 bits per heavy atom. The lowest BCUT2D eigenvalue weighted by atomic mass is 10.2. The lowest BCUT2D eigenvalue weighted by Gasteiger charge is -2.15. The second kappa shape index (κ2) is 6.05. The van der Waals surface area contributed by atoms with E-state index in [9.17, 15) is 10.1 Å². The van der Waals surface area contributed by atoms with Gasteiger partial charge in [0.15, 0.2) is 0 Å². The van der Waals surface area contributed by atoms with E-state index in [0.29, 0.717) is 17.9 Å². The third kappa shape index (κ3) is 3.32. The van der Waals surface area contributed by atoms with Crippen LogP contribution in [0.3, 0.4) is 0 Å². The van der Waals surface area contributed by atoms with Crippen molar-refractivity contribution < 1.29 is 14.8 Å². The summed E-state index contributed by atoms with van der Waals surface area (Å²) in [5.41, 5.74) is 0.327. The van der Waals surface area contributed by atoms with Crippen LogP contribution in [-0.2, 0) is 0 Å². The van der Waals surface area contributed by atoms with Crippen molar-refractivity contribution in [2.75, 3.05) is 19.0 Å². The normalized spacial score (nSPS) is 11.9. The highest BCUT2D eigenvalue weighted by molar-refractivity contribution is 5.64. The Morgan fingerprint density at radius 2 is 2.29 bits per heavy atom. The van der Waals surface area contributed by atoms with Crippen molar-refractivity contribution in [3.05, 3.63) is 28.3 Å². The highest BCUT2D eigenvalue weighted by Crippen LogP contribution is 2.29. The van der Waals surface area contributed by atoms with Crippen LogP contribution in [0.4, 0.5) is 11.4 Å². The zero-order chi connectivity index (χ0) is 12.8. The summed E-state index contributed by atoms with van der Waals surface area (Å²) < 4.78 is 4.94. The fourth-order valence-corrected chi connectivity index (χ4v) is 1.41. The molecule has 1 unspecified atom stereocenters. The molecule has 1 aromatic carbocycles. The fourth-order valence-electron chi connectivity index (χ4n) is 1.41. The largest absolute Gasteiger partial charge is 0.496 e. The number of rotatable bonds is 6. The summed E-state index contributed by atoms with van der Waals surface area (Å²) in [5.74, 6) is 0.430. The Balaban J connectivity index is 3.01. The van der Waals surface area contributed by atoms with Crippen LogP contribution < -0.4 is 10.1 Å². The zero-order valence-corrected chi connectivity index (χ0v) is 9.84. The summed E-state index contributed by atoms with van der Waals surface area (Å²) in [5, 5.41) is 22.9. The van der Waals surface area contributed by atoms with Crippen molar-refractivity contribution in [2.24, 2.45) is 0 Å². The van der Waals surface area contributed by atoms with Crippen molar-refractivity contribution in [1.29, 1.82) is 0 Å². The van der Waals surface area contributed by atoms with E-state index in [2.05, 4.69) is 5.32 Å². The van der Waals surface area contributed by atoms with E-state index < -0.39 is 4.92 Å². The molecule has 1 rings (SSSR count). The van der Waals surface area contributed by atoms with Crippen LogP contribution in [0.2, 0.25) is 0 Å². The molecule has 6 heteroatoms. The topological polar surface area (TPSA) is 84.6 Å². The molecule has 0 saturated heterocycles. The van der Waals surface area contributed by atoms with Crippen LogP contribution in [0.15, 0.2) is 18.2 Å². The molecule has 0 aliphatic heterocycles. The van der Waals surface area contributed by atoms with Gasteiger partial charge < -0.3 is 15.2 Å². The van der Waals surface area contributed by atoms with E-state index in [4.69, 9.17) is 9.84 Å². The maximum Gasteiger partial charge on any atom is 0.296 e. The number of nitro groups is 1. The van der Waals surface area contributed by atoms with Gasteiger partial charge in [-0.25, -0.2) is 0 Å². The number of benzene rings is 1. The van der Waals surface area contributed by atoms with E-state index in [-0.39, 0.29) is 18.3 Å². The number of aliphatic hydroxyl groups is 1. The average Bonchev–Trinajstić information content (AvgIpc) is 2.35. The number of nitro benzene ring substituents is 1. The van der Waals surface area contributed by atoms with Gasteiger partial charge in [-0.1, -0.05) is 6.92 Å². The van der Waals surface area contributed by atoms with Gasteiger partial charge in [0.1, 0.15) is 11.4 Å². The molecule has 0 heterocycles. The van der Waals surface area contributed by atoms with Gasteiger partial charge in [-0.3, -0.25) is 10.1 Å². The predicted octanol–water partition coefficient (Wildman–Crippen LogP) is 1.79. The molecule has 0 fully saturated rings. The summed E-state index contributed by atoms with van der Waals surface area (Å²) in [4.78, 5) is 10.4. The number of hydrogen-bond donors (Lipinski definition) is 2. The third-order valence-electron chi connectivity index (χ3n) is 2.47. The summed E-state index contributed by atoms with van der Waals surface area (Å²) in [6.07, 6.45) is 0.680. The fraction of sp³-hybridized carbons (Fsp3) is 0.455. The molecule has 2 N–H and O–H groups in total. The molecule has 6 nitrogen and oxygen atoms in total. The molecule has 0 amide bonds. The van der Waals surface area contributed by atoms with Crippen molar-refractivity contribution >= 4 is 11.4 Å². The van der Waals surface area contributed by atoms with Crippen molar-refractivity contribution in [1.82, 2.24) is 0 Å². The van der Waals surface area contributed by atoms with Crippen LogP contribution in [-0.4, -0.2) is 29.8 Å². The average molecular weight is 240 g/mol. The van der Waals surface area contributed by atoms with Gasteiger partial charge in [-0.15, -0.1) is 0 Å². The van der Waals surface area contributed by atoms with Crippen LogP contribution in [0.25, 0.3) is 0 Å². The Morgan fingerprint density at radius 1 is 1.59 bits per heavy atom. The molecular formula is C11H16N2O4. The highest BCUT2D eigenvalue weighted by Gasteiger charge is 2.17. The Hall–Kier alpha value is -1.82. The van der Waals surface area contributed by atoms with Gasteiger partial charge in [0.2, 0.25) is 0 Å². The molecule has 94 valence electrons. The molecule has 0 aromatic heterocycles. The summed E-state index contributed by atoms with van der Waals surface area (Å²) >= 11 is 0. The van der Waals surface area contributed by atoms with E-state index >= 15 is 0 Å². The molecule has 0 aliphatic carbocycles. The van der Waals surface area contributed by atoms with Crippen LogP contribution in [0.5, 0.6) is 5.75 Å². The van der Waals surface area contributed by atoms with Gasteiger partial charge >= 0.3 is 0 Å². The van der Waals surface area contributed by atoms with E-state index in [1.807, 2.05) is 6.92 Å². The third-order valence-corrected chi connectivity index (χ3v) is 2.47. The molecule has 0 saturated carbocycles. The Bertz CT molecular complexity index is 391. The van der Waals surface area contributed by atoms with Crippen molar-refractivity contribution in [3.63, 3.8) is 0 Å². The van der Waals surface area contributed by atoms with Gasteiger partial charge in [0, 0.05) is 6.04 Å². The number of hydrogen-bond acceptors (Lipinski definition) is 5. The molecule has 0 aliphatic rings. The van der Waals surface area contributed by atoms with Crippen LogP contribution in [0, 0.1) is 10.1 Å². The molecule has 0 bridgehead atoms. The van der Waals surface area contributed by atoms with Gasteiger partial charge in [-0.2, -0.15) is 0 Å². The lowest BCUT2D eigenvalue weighted by Crippen LogP contribution is -2.23. The number of nitrogens with zero attached hydrogens (tertiary/aromatic N) is 1. The molecule has 0 radical (unpaired) electrons. The zero-order valence-electron chi connectivity index (χ0n) is 9.84. The summed E-state index contributed by atoms with van der Waals surface area (Å²) in [6, 6.07) is 4.38. The molecule has 1 atom stereocenters. The van der Waals surface area contributed by atoms with Crippen LogP contribution >= 0.6 is 0 Å². The Labute approximate surface area is 99.4 Å². The van der Waals surface area contributed by atoms with Crippen molar-refractivity contribution in [2.45, 2.75) is 19.4 Å². The minimum atomic E-state index is -0.477. The first-order chi connectivity index (χ1) is 8.12. The number of aliphatic hydroxyl groups excluding tert-OH is 1. The molecule has 1 aromatic rings. The summed E-state index contributed by atoms with van der Waals surface area (Å²) in [7, 11) is 1.45. The van der Waals surface area contributed by atoms with Crippen LogP contribution in [0.1, 0.15) is 13.3 Å². The molecule has 0 spiro atoms. The first-order valence-electron chi connectivity index (χ1n) is 5.32. The minimum Gasteiger partial charge on any atom is -0.496 e. The predicted molar refractivity (Wildman–Crippen MR) is 64.4 cm³/mol. The maximum absolute atomic E-state index is 10.9. The van der Waals surface area contributed by atoms with Gasteiger partial charge in [0.25, 0.3) is 5.69 Å². The minimum absolute atomic E-state index is 0.0590. The number of methoxy groups -OCH3 is 1. The maximum atomic E-state index is 10.9. The van der Waals surface area contributed by atoms with E-state index in [0.717, 1.165) is 0 Å². The van der Waals surface area contributed by atoms with Crippen molar-refractivity contribution in [3.8, 4) is 5.75 Å². The van der Waals surface area contributed by atoms with Gasteiger partial charge in [-0.05, 0) is 18.6 Å². The summed E-state index contributed by atoms with van der Waals surface area (Å²) in [6.45, 7) is 1.82. The van der Waals surface area contributed by atoms with E-state index in [1.165, 1.54) is 13.2 Å². The SMILES string of the molecule is CCC(CO)Nc1ccc(OC)cc1[N+](=O)[O-].